The summed E-state index contributed by atoms with van der Waals surface area (Å²) < 4.78 is 1.92. The van der Waals surface area contributed by atoms with Crippen LogP contribution in [0.1, 0.15) is 17.0 Å². The van der Waals surface area contributed by atoms with Crippen molar-refractivity contribution in [1.82, 2.24) is 9.47 Å². The molecule has 0 bridgehead atoms. The van der Waals surface area contributed by atoms with Crippen molar-refractivity contribution >= 4 is 0 Å². The number of aromatic nitrogens is 1. The molecular formula is C18H22N2O2. The Bertz CT molecular complexity index is 705. The minimum atomic E-state index is -0.332. The van der Waals surface area contributed by atoms with Gasteiger partial charge in [-0.2, -0.15) is 0 Å². The van der Waals surface area contributed by atoms with Crippen molar-refractivity contribution in [3.05, 3.63) is 76.2 Å². The fraction of sp³-hybridized carbons (Fsp3) is 0.278. The van der Waals surface area contributed by atoms with Crippen molar-refractivity contribution < 1.29 is 5.11 Å². The molecule has 0 spiro atoms. The van der Waals surface area contributed by atoms with Crippen LogP contribution in [0.2, 0.25) is 0 Å². The monoisotopic (exact) mass is 298 g/mol. The molecule has 0 radical (unpaired) electrons. The number of rotatable bonds is 6. The Hall–Kier alpha value is -2.33. The maximum absolute atomic E-state index is 11.8. The predicted molar refractivity (Wildman–Crippen MR) is 88.9 cm³/mol. The molecule has 0 amide bonds. The Morgan fingerprint density at radius 3 is 2.59 bits per heavy atom. The van der Waals surface area contributed by atoms with Gasteiger partial charge in [0.25, 0.3) is 0 Å². The van der Waals surface area contributed by atoms with Crippen LogP contribution in [0, 0.1) is 6.92 Å². The number of hydrogen-bond acceptors (Lipinski definition) is 3. The quantitative estimate of drug-likeness (QED) is 0.834. The van der Waals surface area contributed by atoms with Crippen molar-refractivity contribution in [2.24, 2.45) is 0 Å². The van der Waals surface area contributed by atoms with Gasteiger partial charge in [0.05, 0.1) is 5.69 Å². The highest BCUT2D eigenvalue weighted by Crippen LogP contribution is 2.17. The van der Waals surface area contributed by atoms with E-state index in [0.717, 1.165) is 12.2 Å². The van der Waals surface area contributed by atoms with E-state index >= 15 is 0 Å². The number of hydrogen-bond donors (Lipinski definition) is 1. The zero-order chi connectivity index (χ0) is 16.1. The van der Waals surface area contributed by atoms with Crippen molar-refractivity contribution in [2.45, 2.75) is 26.6 Å². The van der Waals surface area contributed by atoms with Crippen molar-refractivity contribution in [1.29, 1.82) is 0 Å². The van der Waals surface area contributed by atoms with Gasteiger partial charge in [-0.1, -0.05) is 36.4 Å². The average Bonchev–Trinajstić information content (AvgIpc) is 2.49. The van der Waals surface area contributed by atoms with Crippen LogP contribution >= 0.6 is 0 Å². The van der Waals surface area contributed by atoms with Crippen molar-refractivity contribution in [3.63, 3.8) is 0 Å². The van der Waals surface area contributed by atoms with Gasteiger partial charge in [-0.15, -0.1) is 6.58 Å². The van der Waals surface area contributed by atoms with Crippen molar-refractivity contribution in [2.75, 3.05) is 7.05 Å². The van der Waals surface area contributed by atoms with Gasteiger partial charge in [-0.3, -0.25) is 9.69 Å². The Kier molecular flexibility index (Phi) is 5.17. The third-order valence-electron chi connectivity index (χ3n) is 3.62. The topological polar surface area (TPSA) is 45.5 Å². The third-order valence-corrected chi connectivity index (χ3v) is 3.62. The van der Waals surface area contributed by atoms with Crippen LogP contribution in [0.15, 0.2) is 53.8 Å². The highest BCUT2D eigenvalue weighted by atomic mass is 16.3. The van der Waals surface area contributed by atoms with Gasteiger partial charge in [0.2, 0.25) is 5.43 Å². The molecule has 4 heteroatoms. The third kappa shape index (κ3) is 3.65. The van der Waals surface area contributed by atoms with Gasteiger partial charge in [0.15, 0.2) is 5.75 Å². The molecule has 0 aliphatic heterocycles. The van der Waals surface area contributed by atoms with Gasteiger partial charge in [-0.25, -0.2) is 0 Å². The number of benzene rings is 1. The SMILES string of the molecule is C=CCn1c(C)cc(=O)c(O)c1CN(C)Cc1ccccc1. The molecule has 2 rings (SSSR count). The Balaban J connectivity index is 2.28. The van der Waals surface area contributed by atoms with Gasteiger partial charge >= 0.3 is 0 Å². The van der Waals surface area contributed by atoms with E-state index in [4.69, 9.17) is 0 Å². The molecule has 1 aromatic heterocycles. The number of aryl methyl sites for hydroxylation is 1. The molecule has 0 saturated heterocycles. The normalized spacial score (nSPS) is 10.9. The van der Waals surface area contributed by atoms with E-state index in [-0.39, 0.29) is 11.2 Å². The van der Waals surface area contributed by atoms with Crippen LogP contribution in [-0.2, 0) is 19.6 Å². The second-order valence-corrected chi connectivity index (χ2v) is 5.50. The van der Waals surface area contributed by atoms with Crippen LogP contribution in [0.3, 0.4) is 0 Å². The lowest BCUT2D eigenvalue weighted by Crippen LogP contribution is -2.24. The van der Waals surface area contributed by atoms with Crippen molar-refractivity contribution in [3.8, 4) is 5.75 Å². The number of allylic oxidation sites excluding steroid dienone is 1. The summed E-state index contributed by atoms with van der Waals surface area (Å²) in [6.07, 6.45) is 1.76. The molecule has 116 valence electrons. The second-order valence-electron chi connectivity index (χ2n) is 5.50. The highest BCUT2D eigenvalue weighted by Gasteiger charge is 2.14. The number of pyridine rings is 1. The summed E-state index contributed by atoms with van der Waals surface area (Å²) in [6.45, 7) is 7.41. The zero-order valence-electron chi connectivity index (χ0n) is 13.1. The fourth-order valence-corrected chi connectivity index (χ4v) is 2.57. The minimum Gasteiger partial charge on any atom is -0.503 e. The van der Waals surface area contributed by atoms with Gasteiger partial charge in [0, 0.05) is 31.4 Å². The Morgan fingerprint density at radius 1 is 1.27 bits per heavy atom. The first-order valence-electron chi connectivity index (χ1n) is 7.28. The Morgan fingerprint density at radius 2 is 1.95 bits per heavy atom. The zero-order valence-corrected chi connectivity index (χ0v) is 13.1. The number of nitrogens with zero attached hydrogens (tertiary/aromatic N) is 2. The molecule has 1 heterocycles. The molecule has 22 heavy (non-hydrogen) atoms. The largest absolute Gasteiger partial charge is 0.503 e. The summed E-state index contributed by atoms with van der Waals surface area (Å²) >= 11 is 0. The summed E-state index contributed by atoms with van der Waals surface area (Å²) in [4.78, 5) is 13.9. The number of aromatic hydroxyl groups is 1. The lowest BCUT2D eigenvalue weighted by molar-refractivity contribution is 0.300. The smallest absolute Gasteiger partial charge is 0.223 e. The molecule has 4 nitrogen and oxygen atoms in total. The first-order chi connectivity index (χ1) is 10.5. The van der Waals surface area contributed by atoms with Crippen LogP contribution in [0.5, 0.6) is 5.75 Å². The van der Waals surface area contributed by atoms with E-state index < -0.39 is 0 Å². The average molecular weight is 298 g/mol. The first kappa shape index (κ1) is 16.0. The standard InChI is InChI=1S/C18H22N2O2/c1-4-10-20-14(2)11-17(21)18(22)16(20)13-19(3)12-15-8-6-5-7-9-15/h4-9,11,22H,1,10,12-13H2,2-3H3. The van der Waals surface area contributed by atoms with E-state index in [2.05, 4.69) is 23.6 Å². The fourth-order valence-electron chi connectivity index (χ4n) is 2.57. The van der Waals surface area contributed by atoms with E-state index in [9.17, 15) is 9.90 Å². The second kappa shape index (κ2) is 7.09. The molecular weight excluding hydrogens is 276 g/mol. The van der Waals surface area contributed by atoms with Crippen LogP contribution in [0.4, 0.5) is 0 Å². The molecule has 1 aromatic carbocycles. The molecule has 2 aromatic rings. The van der Waals surface area contributed by atoms with Gasteiger partial charge < -0.3 is 9.67 Å². The van der Waals surface area contributed by atoms with E-state index in [1.54, 1.807) is 6.08 Å². The highest BCUT2D eigenvalue weighted by molar-refractivity contribution is 5.30. The van der Waals surface area contributed by atoms with Crippen LogP contribution in [0.25, 0.3) is 0 Å². The maximum atomic E-state index is 11.8. The molecule has 0 unspecified atom stereocenters. The first-order valence-corrected chi connectivity index (χ1v) is 7.28. The lowest BCUT2D eigenvalue weighted by Gasteiger charge is -2.22. The minimum absolute atomic E-state index is 0.174. The molecule has 0 atom stereocenters. The summed E-state index contributed by atoms with van der Waals surface area (Å²) in [6, 6.07) is 11.6. The molecule has 1 N–H and O–H groups in total. The van der Waals surface area contributed by atoms with Gasteiger partial charge in [-0.05, 0) is 19.5 Å². The summed E-state index contributed by atoms with van der Waals surface area (Å²) in [5, 5.41) is 10.2. The lowest BCUT2D eigenvalue weighted by atomic mass is 10.2. The van der Waals surface area contributed by atoms with Gasteiger partial charge in [0.1, 0.15) is 0 Å². The summed E-state index contributed by atoms with van der Waals surface area (Å²) in [5.74, 6) is -0.174. The van der Waals surface area contributed by atoms with E-state index in [1.165, 1.54) is 11.6 Å². The molecule has 0 aliphatic carbocycles. The summed E-state index contributed by atoms with van der Waals surface area (Å²) in [7, 11) is 1.97. The summed E-state index contributed by atoms with van der Waals surface area (Å²) in [5.41, 5.74) is 2.31. The molecule has 0 fully saturated rings. The van der Waals surface area contributed by atoms with Crippen LogP contribution in [-0.4, -0.2) is 21.6 Å². The molecule has 0 saturated carbocycles. The predicted octanol–water partition coefficient (Wildman–Crippen LogP) is 2.68. The van der Waals surface area contributed by atoms with E-state index in [0.29, 0.717) is 18.8 Å². The van der Waals surface area contributed by atoms with E-state index in [1.807, 2.05) is 36.7 Å². The molecule has 0 aliphatic rings. The maximum Gasteiger partial charge on any atom is 0.223 e. The Labute approximate surface area is 130 Å². The van der Waals surface area contributed by atoms with Crippen LogP contribution < -0.4 is 5.43 Å².